The fourth-order valence-corrected chi connectivity index (χ4v) is 2.13. The third kappa shape index (κ3) is 3.67. The third-order valence-corrected chi connectivity index (χ3v) is 2.99. The Morgan fingerprint density at radius 3 is 2.55 bits per heavy atom. The molecular formula is C15H19ClN4. The highest BCUT2D eigenvalue weighted by molar-refractivity contribution is 6.28. The lowest BCUT2D eigenvalue weighted by Crippen LogP contribution is -2.14. The number of rotatable bonds is 4. The number of hydrogen-bond acceptors (Lipinski definition) is 4. The first kappa shape index (κ1) is 14.7. The first-order chi connectivity index (χ1) is 9.45. The van der Waals surface area contributed by atoms with Crippen LogP contribution in [0.4, 0.5) is 5.95 Å². The molecule has 0 amide bonds. The van der Waals surface area contributed by atoms with Crippen molar-refractivity contribution in [3.05, 3.63) is 35.1 Å². The molecule has 4 nitrogen and oxygen atoms in total. The Labute approximate surface area is 124 Å². The molecule has 1 aromatic carbocycles. The molecule has 0 aliphatic heterocycles. The van der Waals surface area contributed by atoms with E-state index in [1.54, 1.807) is 0 Å². The highest BCUT2D eigenvalue weighted by Gasteiger charge is 2.09. The highest BCUT2D eigenvalue weighted by atomic mass is 35.5. The first-order valence-electron chi connectivity index (χ1n) is 6.64. The number of benzene rings is 1. The maximum atomic E-state index is 5.98. The fraction of sp³-hybridized carbons (Fsp3) is 0.400. The van der Waals surface area contributed by atoms with Gasteiger partial charge in [0.25, 0.3) is 0 Å². The number of nitrogens with zero attached hydrogens (tertiary/aromatic N) is 4. The van der Waals surface area contributed by atoms with E-state index in [1.807, 2.05) is 31.1 Å². The van der Waals surface area contributed by atoms with Crippen molar-refractivity contribution >= 4 is 17.5 Å². The molecular weight excluding hydrogens is 272 g/mol. The molecule has 20 heavy (non-hydrogen) atoms. The summed E-state index contributed by atoms with van der Waals surface area (Å²) in [6.45, 7) is 4.41. The number of hydrogen-bond donors (Lipinski definition) is 0. The summed E-state index contributed by atoms with van der Waals surface area (Å²) in [6, 6.07) is 8.26. The Morgan fingerprint density at radius 1 is 1.15 bits per heavy atom. The van der Waals surface area contributed by atoms with E-state index in [4.69, 9.17) is 11.6 Å². The van der Waals surface area contributed by atoms with Gasteiger partial charge in [-0.3, -0.25) is 0 Å². The summed E-state index contributed by atoms with van der Waals surface area (Å²) in [4.78, 5) is 14.6. The average molecular weight is 291 g/mol. The van der Waals surface area contributed by atoms with Crippen molar-refractivity contribution in [3.63, 3.8) is 0 Å². The monoisotopic (exact) mass is 290 g/mol. The average Bonchev–Trinajstić information content (AvgIpc) is 2.37. The highest BCUT2D eigenvalue weighted by Crippen LogP contribution is 2.21. The Balaban J connectivity index is 2.40. The van der Waals surface area contributed by atoms with Crippen LogP contribution in [-0.2, 0) is 6.42 Å². The van der Waals surface area contributed by atoms with E-state index in [0.29, 0.717) is 17.7 Å². The predicted molar refractivity (Wildman–Crippen MR) is 83.1 cm³/mol. The molecule has 0 aliphatic rings. The molecule has 0 bridgehead atoms. The standard InChI is InChI=1S/C15H19ClN4/c1-10(2)8-11-6-5-7-12(9-11)13-17-14(16)19-15(18-13)20(3)4/h5-7,9-10H,8H2,1-4H3. The van der Waals surface area contributed by atoms with Crippen LogP contribution in [0.1, 0.15) is 19.4 Å². The van der Waals surface area contributed by atoms with E-state index in [-0.39, 0.29) is 5.28 Å². The van der Waals surface area contributed by atoms with Gasteiger partial charge in [-0.05, 0) is 35.6 Å². The number of anilines is 1. The molecule has 0 saturated heterocycles. The summed E-state index contributed by atoms with van der Waals surface area (Å²) >= 11 is 5.98. The number of halogens is 1. The van der Waals surface area contributed by atoms with Crippen molar-refractivity contribution in [1.29, 1.82) is 0 Å². The topological polar surface area (TPSA) is 41.9 Å². The van der Waals surface area contributed by atoms with Gasteiger partial charge in [-0.15, -0.1) is 0 Å². The van der Waals surface area contributed by atoms with Crippen LogP contribution in [0.2, 0.25) is 5.28 Å². The van der Waals surface area contributed by atoms with Crippen LogP contribution < -0.4 is 4.90 Å². The second kappa shape index (κ2) is 6.18. The van der Waals surface area contributed by atoms with E-state index in [1.165, 1.54) is 5.56 Å². The van der Waals surface area contributed by atoms with Crippen molar-refractivity contribution in [2.24, 2.45) is 5.92 Å². The van der Waals surface area contributed by atoms with Crippen LogP contribution in [0.25, 0.3) is 11.4 Å². The summed E-state index contributed by atoms with van der Waals surface area (Å²) in [5.74, 6) is 1.79. The molecule has 0 atom stereocenters. The molecule has 2 aromatic rings. The van der Waals surface area contributed by atoms with Crippen molar-refractivity contribution in [2.45, 2.75) is 20.3 Å². The van der Waals surface area contributed by atoms with Gasteiger partial charge in [-0.2, -0.15) is 15.0 Å². The van der Waals surface area contributed by atoms with Gasteiger partial charge in [0, 0.05) is 19.7 Å². The molecule has 2 rings (SSSR count). The Kier molecular flexibility index (Phi) is 4.55. The lowest BCUT2D eigenvalue weighted by atomic mass is 10.0. The summed E-state index contributed by atoms with van der Waals surface area (Å²) in [5, 5.41) is 0.216. The van der Waals surface area contributed by atoms with Crippen molar-refractivity contribution < 1.29 is 0 Å². The molecule has 0 radical (unpaired) electrons. The molecule has 0 N–H and O–H groups in total. The third-order valence-electron chi connectivity index (χ3n) is 2.83. The minimum atomic E-state index is 0.216. The molecule has 106 valence electrons. The van der Waals surface area contributed by atoms with Gasteiger partial charge in [0.05, 0.1) is 0 Å². The largest absolute Gasteiger partial charge is 0.347 e. The van der Waals surface area contributed by atoms with Crippen molar-refractivity contribution in [3.8, 4) is 11.4 Å². The van der Waals surface area contributed by atoms with E-state index < -0.39 is 0 Å². The summed E-state index contributed by atoms with van der Waals surface area (Å²) in [7, 11) is 3.76. The zero-order valence-electron chi connectivity index (χ0n) is 12.3. The van der Waals surface area contributed by atoms with Crippen molar-refractivity contribution in [2.75, 3.05) is 19.0 Å². The van der Waals surface area contributed by atoms with Gasteiger partial charge >= 0.3 is 0 Å². The molecule has 0 saturated carbocycles. The number of aromatic nitrogens is 3. The van der Waals surface area contributed by atoms with E-state index in [9.17, 15) is 0 Å². The predicted octanol–water partition coefficient (Wildman–Crippen LogP) is 3.46. The normalized spacial score (nSPS) is 10.9. The molecule has 0 spiro atoms. The van der Waals surface area contributed by atoms with Crippen LogP contribution >= 0.6 is 11.6 Å². The van der Waals surface area contributed by atoms with E-state index >= 15 is 0 Å². The van der Waals surface area contributed by atoms with E-state index in [2.05, 4.69) is 40.9 Å². The second-order valence-electron chi connectivity index (χ2n) is 5.42. The molecule has 0 aliphatic carbocycles. The fourth-order valence-electron chi connectivity index (χ4n) is 1.98. The maximum Gasteiger partial charge on any atom is 0.229 e. The zero-order chi connectivity index (χ0) is 14.7. The summed E-state index contributed by atoms with van der Waals surface area (Å²) in [6.07, 6.45) is 1.03. The summed E-state index contributed by atoms with van der Waals surface area (Å²) in [5.41, 5.74) is 2.25. The Bertz CT molecular complexity index is 596. The van der Waals surface area contributed by atoms with Gasteiger partial charge in [0.15, 0.2) is 5.82 Å². The summed E-state index contributed by atoms with van der Waals surface area (Å²) < 4.78 is 0. The van der Waals surface area contributed by atoms with Gasteiger partial charge in [0.1, 0.15) is 0 Å². The van der Waals surface area contributed by atoms with Gasteiger partial charge < -0.3 is 4.90 Å². The van der Waals surface area contributed by atoms with Gasteiger partial charge in [0.2, 0.25) is 11.2 Å². The van der Waals surface area contributed by atoms with Crippen LogP contribution in [0.3, 0.4) is 0 Å². The van der Waals surface area contributed by atoms with Crippen molar-refractivity contribution in [1.82, 2.24) is 15.0 Å². The van der Waals surface area contributed by atoms with E-state index in [0.717, 1.165) is 12.0 Å². The second-order valence-corrected chi connectivity index (χ2v) is 5.76. The zero-order valence-corrected chi connectivity index (χ0v) is 13.0. The Morgan fingerprint density at radius 2 is 1.90 bits per heavy atom. The minimum absolute atomic E-state index is 0.216. The van der Waals surface area contributed by atoms with Crippen LogP contribution in [0, 0.1) is 5.92 Å². The van der Waals surface area contributed by atoms with Gasteiger partial charge in [-0.25, -0.2) is 0 Å². The quantitative estimate of drug-likeness (QED) is 0.865. The molecule has 0 unspecified atom stereocenters. The molecule has 0 fully saturated rings. The van der Waals surface area contributed by atoms with Crippen LogP contribution in [0.5, 0.6) is 0 Å². The molecule has 1 heterocycles. The maximum absolute atomic E-state index is 5.98. The first-order valence-corrected chi connectivity index (χ1v) is 7.01. The minimum Gasteiger partial charge on any atom is -0.347 e. The Hall–Kier alpha value is -1.68. The smallest absolute Gasteiger partial charge is 0.229 e. The van der Waals surface area contributed by atoms with Crippen LogP contribution in [-0.4, -0.2) is 29.0 Å². The SMILES string of the molecule is CC(C)Cc1cccc(-c2nc(Cl)nc(N(C)C)n2)c1. The van der Waals surface area contributed by atoms with Gasteiger partial charge in [-0.1, -0.05) is 32.0 Å². The molecule has 1 aromatic heterocycles. The lowest BCUT2D eigenvalue weighted by molar-refractivity contribution is 0.647. The van der Waals surface area contributed by atoms with Crippen LogP contribution in [0.15, 0.2) is 24.3 Å². The lowest BCUT2D eigenvalue weighted by Gasteiger charge is -2.12. The molecule has 5 heteroatoms.